The van der Waals surface area contributed by atoms with Crippen LogP contribution in [-0.2, 0) is 11.2 Å². The molecule has 2 N–H and O–H groups in total. The van der Waals surface area contributed by atoms with Crippen LogP contribution < -0.4 is 20.1 Å². The van der Waals surface area contributed by atoms with Crippen LogP contribution in [0.3, 0.4) is 0 Å². The topological polar surface area (TPSA) is 99.2 Å². The number of aromatic nitrogens is 2. The van der Waals surface area contributed by atoms with Crippen molar-refractivity contribution in [1.29, 1.82) is 0 Å². The summed E-state index contributed by atoms with van der Waals surface area (Å²) in [7, 11) is 3.25. The zero-order valence-electron chi connectivity index (χ0n) is 16.0. The number of fused-ring (bicyclic) bond motifs is 1. The van der Waals surface area contributed by atoms with Crippen LogP contribution >= 0.6 is 0 Å². The standard InChI is InChI=1S/C20H22N4O4/c1-4-15-19(23(2)20(26)13-7-5-8-14(11-13)27-3)24-10-6-9-16(18(24)22-15)28-12-17(21)25/h5-11H,4,12H2,1-3H3,(H2,21,25). The van der Waals surface area contributed by atoms with Gasteiger partial charge in [0.2, 0.25) is 0 Å². The quantitative estimate of drug-likeness (QED) is 0.674. The summed E-state index contributed by atoms with van der Waals surface area (Å²) in [5.74, 6) is 0.892. The number of primary amides is 1. The summed E-state index contributed by atoms with van der Waals surface area (Å²) >= 11 is 0. The predicted molar refractivity (Wildman–Crippen MR) is 105 cm³/mol. The van der Waals surface area contributed by atoms with Gasteiger partial charge in [-0.05, 0) is 36.8 Å². The van der Waals surface area contributed by atoms with E-state index in [-0.39, 0.29) is 12.5 Å². The molecule has 0 spiro atoms. The smallest absolute Gasteiger partial charge is 0.259 e. The van der Waals surface area contributed by atoms with Crippen molar-refractivity contribution in [3.05, 3.63) is 53.9 Å². The molecule has 1 aromatic carbocycles. The van der Waals surface area contributed by atoms with Crippen LogP contribution in [0, 0.1) is 0 Å². The number of carbonyl (C=O) groups is 2. The Balaban J connectivity index is 2.04. The first-order valence-electron chi connectivity index (χ1n) is 8.79. The SMILES string of the molecule is CCc1nc2c(OCC(N)=O)cccn2c1N(C)C(=O)c1cccc(OC)c1. The molecule has 2 heterocycles. The number of aryl methyl sites for hydroxylation is 1. The molecular formula is C20H22N4O4. The first-order chi connectivity index (χ1) is 13.5. The van der Waals surface area contributed by atoms with E-state index in [2.05, 4.69) is 4.98 Å². The molecule has 0 saturated carbocycles. The van der Waals surface area contributed by atoms with Crippen molar-refractivity contribution in [3.63, 3.8) is 0 Å². The van der Waals surface area contributed by atoms with Crippen molar-refractivity contribution in [1.82, 2.24) is 9.38 Å². The fourth-order valence-electron chi connectivity index (χ4n) is 2.98. The van der Waals surface area contributed by atoms with Gasteiger partial charge >= 0.3 is 0 Å². The summed E-state index contributed by atoms with van der Waals surface area (Å²) in [4.78, 5) is 30.3. The number of benzene rings is 1. The normalized spacial score (nSPS) is 10.7. The van der Waals surface area contributed by atoms with E-state index in [0.717, 1.165) is 5.69 Å². The van der Waals surface area contributed by atoms with Gasteiger partial charge in [-0.15, -0.1) is 0 Å². The van der Waals surface area contributed by atoms with Gasteiger partial charge in [0.1, 0.15) is 11.6 Å². The Hall–Kier alpha value is -3.55. The highest BCUT2D eigenvalue weighted by Gasteiger charge is 2.23. The Bertz CT molecular complexity index is 1030. The number of pyridine rings is 1. The van der Waals surface area contributed by atoms with E-state index in [9.17, 15) is 9.59 Å². The van der Waals surface area contributed by atoms with E-state index in [0.29, 0.717) is 34.9 Å². The van der Waals surface area contributed by atoms with Crippen LogP contribution in [0.1, 0.15) is 23.0 Å². The third kappa shape index (κ3) is 3.62. The maximum atomic E-state index is 13.1. The third-order valence-electron chi connectivity index (χ3n) is 4.30. The molecule has 0 atom stereocenters. The fraction of sp³-hybridized carbons (Fsp3) is 0.250. The Labute approximate surface area is 162 Å². The maximum absolute atomic E-state index is 13.1. The molecule has 2 aromatic heterocycles. The summed E-state index contributed by atoms with van der Waals surface area (Å²) in [6, 6.07) is 10.4. The number of methoxy groups -OCH3 is 1. The highest BCUT2D eigenvalue weighted by atomic mass is 16.5. The van der Waals surface area contributed by atoms with Crippen molar-refractivity contribution in [2.24, 2.45) is 5.73 Å². The van der Waals surface area contributed by atoms with Crippen LogP contribution in [0.2, 0.25) is 0 Å². The van der Waals surface area contributed by atoms with Gasteiger partial charge < -0.3 is 15.2 Å². The highest BCUT2D eigenvalue weighted by Crippen LogP contribution is 2.29. The Morgan fingerprint density at radius 2 is 2.04 bits per heavy atom. The third-order valence-corrected chi connectivity index (χ3v) is 4.30. The van der Waals surface area contributed by atoms with Crippen LogP contribution in [0.4, 0.5) is 5.82 Å². The van der Waals surface area contributed by atoms with Crippen molar-refractivity contribution < 1.29 is 19.1 Å². The summed E-state index contributed by atoms with van der Waals surface area (Å²) in [6.07, 6.45) is 2.41. The summed E-state index contributed by atoms with van der Waals surface area (Å²) in [5, 5.41) is 0. The molecule has 0 radical (unpaired) electrons. The van der Waals surface area contributed by atoms with E-state index in [1.54, 1.807) is 66.1 Å². The lowest BCUT2D eigenvalue weighted by Crippen LogP contribution is -2.28. The predicted octanol–water partition coefficient (Wildman–Crippen LogP) is 2.05. The zero-order chi connectivity index (χ0) is 20.3. The van der Waals surface area contributed by atoms with Gasteiger partial charge in [-0.25, -0.2) is 4.98 Å². The molecular weight excluding hydrogens is 360 g/mol. The number of rotatable bonds is 7. The van der Waals surface area contributed by atoms with Crippen molar-refractivity contribution in [2.75, 3.05) is 25.7 Å². The first-order valence-corrected chi connectivity index (χ1v) is 8.79. The molecule has 3 aromatic rings. The number of hydrogen-bond acceptors (Lipinski definition) is 5. The average molecular weight is 382 g/mol. The molecule has 0 unspecified atom stereocenters. The molecule has 8 nitrogen and oxygen atoms in total. The number of amides is 2. The molecule has 8 heteroatoms. The van der Waals surface area contributed by atoms with Gasteiger partial charge in [0.25, 0.3) is 11.8 Å². The van der Waals surface area contributed by atoms with Gasteiger partial charge in [0.05, 0.1) is 12.8 Å². The second-order valence-corrected chi connectivity index (χ2v) is 6.15. The molecule has 0 fully saturated rings. The number of nitrogens with zero attached hydrogens (tertiary/aromatic N) is 3. The monoisotopic (exact) mass is 382 g/mol. The zero-order valence-corrected chi connectivity index (χ0v) is 16.0. The van der Waals surface area contributed by atoms with Gasteiger partial charge in [-0.3, -0.25) is 18.9 Å². The number of hydrogen-bond donors (Lipinski definition) is 1. The van der Waals surface area contributed by atoms with E-state index >= 15 is 0 Å². The Kier molecular flexibility index (Phi) is 5.49. The Morgan fingerprint density at radius 1 is 1.25 bits per heavy atom. The molecule has 3 rings (SSSR count). The number of anilines is 1. The van der Waals surface area contributed by atoms with E-state index in [1.165, 1.54) is 0 Å². The fourth-order valence-corrected chi connectivity index (χ4v) is 2.98. The molecule has 28 heavy (non-hydrogen) atoms. The summed E-state index contributed by atoms with van der Waals surface area (Å²) in [6.45, 7) is 1.71. The van der Waals surface area contributed by atoms with E-state index < -0.39 is 5.91 Å². The highest BCUT2D eigenvalue weighted by molar-refractivity contribution is 6.06. The molecule has 0 aliphatic rings. The van der Waals surface area contributed by atoms with Gasteiger partial charge in [-0.1, -0.05) is 13.0 Å². The number of imidazole rings is 1. The van der Waals surface area contributed by atoms with Crippen LogP contribution in [0.5, 0.6) is 11.5 Å². The second kappa shape index (κ2) is 7.99. The minimum Gasteiger partial charge on any atom is -0.497 e. The molecule has 2 amide bonds. The lowest BCUT2D eigenvalue weighted by Gasteiger charge is -2.19. The van der Waals surface area contributed by atoms with Crippen LogP contribution in [0.15, 0.2) is 42.6 Å². The second-order valence-electron chi connectivity index (χ2n) is 6.15. The lowest BCUT2D eigenvalue weighted by molar-refractivity contribution is -0.119. The van der Waals surface area contributed by atoms with Crippen molar-refractivity contribution in [3.8, 4) is 11.5 Å². The van der Waals surface area contributed by atoms with E-state index in [1.807, 2.05) is 6.92 Å². The number of nitrogens with two attached hydrogens (primary N) is 1. The molecule has 0 aliphatic heterocycles. The minimum absolute atomic E-state index is 0.196. The molecule has 0 aliphatic carbocycles. The first kappa shape index (κ1) is 19.2. The summed E-state index contributed by atoms with van der Waals surface area (Å²) in [5.41, 5.74) is 6.91. The average Bonchev–Trinajstić information content (AvgIpc) is 3.10. The number of carbonyl (C=O) groups excluding carboxylic acids is 2. The van der Waals surface area contributed by atoms with E-state index in [4.69, 9.17) is 15.2 Å². The minimum atomic E-state index is -0.574. The van der Waals surface area contributed by atoms with Crippen LogP contribution in [0.25, 0.3) is 5.65 Å². The van der Waals surface area contributed by atoms with Crippen LogP contribution in [-0.4, -0.2) is 42.0 Å². The van der Waals surface area contributed by atoms with Gasteiger partial charge in [0, 0.05) is 18.8 Å². The summed E-state index contributed by atoms with van der Waals surface area (Å²) < 4.78 is 12.5. The molecule has 0 saturated heterocycles. The largest absolute Gasteiger partial charge is 0.497 e. The number of ether oxygens (including phenoxy) is 2. The van der Waals surface area contributed by atoms with Crippen molar-refractivity contribution in [2.45, 2.75) is 13.3 Å². The lowest BCUT2D eigenvalue weighted by atomic mass is 10.2. The van der Waals surface area contributed by atoms with Gasteiger partial charge in [-0.2, -0.15) is 0 Å². The van der Waals surface area contributed by atoms with Gasteiger partial charge in [0.15, 0.2) is 18.0 Å². The van der Waals surface area contributed by atoms with Crippen molar-refractivity contribution >= 4 is 23.3 Å². The maximum Gasteiger partial charge on any atom is 0.259 e. The molecule has 146 valence electrons. The Morgan fingerprint density at radius 3 is 2.71 bits per heavy atom. The molecule has 0 bridgehead atoms.